The summed E-state index contributed by atoms with van der Waals surface area (Å²) in [5.74, 6) is -0.0961. The van der Waals surface area contributed by atoms with E-state index in [4.69, 9.17) is 0 Å². The lowest BCUT2D eigenvalue weighted by molar-refractivity contribution is 0.0895. The molecule has 1 aliphatic heterocycles. The quantitative estimate of drug-likeness (QED) is 0.834. The van der Waals surface area contributed by atoms with E-state index in [1.165, 1.54) is 0 Å². The Morgan fingerprint density at radius 2 is 2.18 bits per heavy atom. The fraction of sp³-hybridized carbons (Fsp3) is 0.571. The van der Waals surface area contributed by atoms with Gasteiger partial charge in [-0.15, -0.1) is 0 Å². The number of nitrogens with zero attached hydrogens (tertiary/aromatic N) is 6. The Balaban J connectivity index is 1.48. The lowest BCUT2D eigenvalue weighted by Crippen LogP contribution is -2.48. The van der Waals surface area contributed by atoms with Crippen LogP contribution in [0.15, 0.2) is 24.7 Å². The summed E-state index contributed by atoms with van der Waals surface area (Å²) in [4.78, 5) is 16.2. The Kier molecular flexibility index (Phi) is 4.47. The molecule has 8 nitrogen and oxygen atoms in total. The number of aryl methyl sites for hydroxylation is 1. The van der Waals surface area contributed by atoms with E-state index in [0.29, 0.717) is 5.69 Å². The number of piperidine rings is 1. The molecule has 0 bridgehead atoms. The number of nitrogens with one attached hydrogen (secondary N) is 1. The van der Waals surface area contributed by atoms with Crippen LogP contribution in [0.3, 0.4) is 0 Å². The second-order valence-electron chi connectivity index (χ2n) is 5.61. The molecule has 1 fully saturated rings. The first-order valence-corrected chi connectivity index (χ1v) is 7.57. The molecule has 1 aliphatic rings. The highest BCUT2D eigenvalue weighted by molar-refractivity contribution is 5.92. The number of hydrogen-bond donors (Lipinski definition) is 1. The van der Waals surface area contributed by atoms with Gasteiger partial charge in [-0.25, -0.2) is 0 Å². The predicted octanol–water partition coefficient (Wildman–Crippen LogP) is -0.0940. The molecule has 0 spiro atoms. The Morgan fingerprint density at radius 1 is 1.36 bits per heavy atom. The first-order chi connectivity index (χ1) is 10.7. The molecule has 3 heterocycles. The van der Waals surface area contributed by atoms with Gasteiger partial charge in [-0.2, -0.15) is 20.1 Å². The number of aromatic nitrogens is 5. The van der Waals surface area contributed by atoms with E-state index in [1.54, 1.807) is 34.1 Å². The predicted molar refractivity (Wildman–Crippen MR) is 80.2 cm³/mol. The average molecular weight is 303 g/mol. The lowest BCUT2D eigenvalue weighted by atomic mass is 10.1. The van der Waals surface area contributed by atoms with Crippen LogP contribution in [0.4, 0.5) is 0 Å². The van der Waals surface area contributed by atoms with Crippen LogP contribution in [-0.4, -0.2) is 61.3 Å². The van der Waals surface area contributed by atoms with E-state index >= 15 is 0 Å². The van der Waals surface area contributed by atoms with E-state index in [0.717, 1.165) is 39.0 Å². The average Bonchev–Trinajstić information content (AvgIpc) is 3.17. The molecular weight excluding hydrogens is 282 g/mol. The van der Waals surface area contributed by atoms with E-state index in [9.17, 15) is 4.79 Å². The molecule has 3 rings (SSSR count). The molecule has 118 valence electrons. The molecule has 22 heavy (non-hydrogen) atoms. The van der Waals surface area contributed by atoms with Crippen molar-refractivity contribution in [3.8, 4) is 0 Å². The third-order valence-corrected chi connectivity index (χ3v) is 3.87. The Labute approximate surface area is 129 Å². The second-order valence-corrected chi connectivity index (χ2v) is 5.61. The molecule has 8 heteroatoms. The van der Waals surface area contributed by atoms with Crippen LogP contribution in [0.25, 0.3) is 0 Å². The van der Waals surface area contributed by atoms with Gasteiger partial charge in [0.1, 0.15) is 5.69 Å². The van der Waals surface area contributed by atoms with Crippen molar-refractivity contribution in [1.82, 2.24) is 35.0 Å². The van der Waals surface area contributed by atoms with Crippen molar-refractivity contribution in [2.45, 2.75) is 25.4 Å². The minimum atomic E-state index is -0.0961. The number of likely N-dealkylation sites (tertiary alicyclic amines) is 1. The zero-order valence-corrected chi connectivity index (χ0v) is 12.7. The number of amides is 1. The van der Waals surface area contributed by atoms with E-state index in [2.05, 4.69) is 25.5 Å². The first kappa shape index (κ1) is 14.7. The van der Waals surface area contributed by atoms with E-state index in [1.807, 2.05) is 7.05 Å². The van der Waals surface area contributed by atoms with Crippen LogP contribution in [0.1, 0.15) is 23.3 Å². The summed E-state index contributed by atoms with van der Waals surface area (Å²) in [5.41, 5.74) is 0.473. The molecule has 1 N–H and O–H groups in total. The summed E-state index contributed by atoms with van der Waals surface area (Å²) in [7, 11) is 1.81. The number of hydrogen-bond acceptors (Lipinski definition) is 5. The van der Waals surface area contributed by atoms with Crippen molar-refractivity contribution >= 4 is 5.91 Å². The van der Waals surface area contributed by atoms with Crippen molar-refractivity contribution in [3.05, 3.63) is 30.4 Å². The van der Waals surface area contributed by atoms with Crippen molar-refractivity contribution < 1.29 is 4.79 Å². The van der Waals surface area contributed by atoms with Crippen LogP contribution >= 0.6 is 0 Å². The van der Waals surface area contributed by atoms with Crippen LogP contribution in [0, 0.1) is 0 Å². The van der Waals surface area contributed by atoms with Crippen molar-refractivity contribution in [2.24, 2.45) is 7.05 Å². The van der Waals surface area contributed by atoms with Crippen molar-refractivity contribution in [2.75, 3.05) is 19.6 Å². The maximum absolute atomic E-state index is 12.1. The molecule has 1 amide bonds. The van der Waals surface area contributed by atoms with Gasteiger partial charge < -0.3 is 5.32 Å². The van der Waals surface area contributed by atoms with E-state index < -0.39 is 0 Å². The topological polar surface area (TPSA) is 80.9 Å². The summed E-state index contributed by atoms with van der Waals surface area (Å²) in [6.07, 6.45) is 7.24. The molecule has 0 radical (unpaired) electrons. The highest BCUT2D eigenvalue weighted by Crippen LogP contribution is 2.10. The summed E-state index contributed by atoms with van der Waals surface area (Å²) in [6, 6.07) is 1.91. The third-order valence-electron chi connectivity index (χ3n) is 3.87. The maximum Gasteiger partial charge on any atom is 0.272 e. The standard InChI is InChI=1S/C14H21N7O/c1-19-8-4-13(18-19)14(22)17-12-3-2-7-20(11-12)9-10-21-15-5-6-16-21/h4-6,8,12H,2-3,7,9-11H2,1H3,(H,17,22). The number of carbonyl (C=O) groups is 1. The van der Waals surface area contributed by atoms with Gasteiger partial charge in [-0.1, -0.05) is 0 Å². The summed E-state index contributed by atoms with van der Waals surface area (Å²) < 4.78 is 1.64. The molecular formula is C14H21N7O. The largest absolute Gasteiger partial charge is 0.347 e. The summed E-state index contributed by atoms with van der Waals surface area (Å²) in [6.45, 7) is 3.58. The minimum absolute atomic E-state index is 0.0961. The fourth-order valence-electron chi connectivity index (χ4n) is 2.76. The lowest BCUT2D eigenvalue weighted by Gasteiger charge is -2.32. The van der Waals surface area contributed by atoms with Gasteiger partial charge in [0.2, 0.25) is 0 Å². The smallest absolute Gasteiger partial charge is 0.272 e. The Morgan fingerprint density at radius 3 is 2.91 bits per heavy atom. The first-order valence-electron chi connectivity index (χ1n) is 7.57. The third kappa shape index (κ3) is 3.70. The van der Waals surface area contributed by atoms with Gasteiger partial charge in [0.05, 0.1) is 18.9 Å². The highest BCUT2D eigenvalue weighted by Gasteiger charge is 2.22. The monoisotopic (exact) mass is 303 g/mol. The van der Waals surface area contributed by atoms with E-state index in [-0.39, 0.29) is 11.9 Å². The summed E-state index contributed by atoms with van der Waals surface area (Å²) in [5, 5.41) is 15.4. The fourth-order valence-corrected chi connectivity index (χ4v) is 2.76. The van der Waals surface area contributed by atoms with Crippen LogP contribution < -0.4 is 5.32 Å². The molecule has 1 unspecified atom stereocenters. The normalized spacial score (nSPS) is 19.2. The van der Waals surface area contributed by atoms with Crippen molar-refractivity contribution in [1.29, 1.82) is 0 Å². The highest BCUT2D eigenvalue weighted by atomic mass is 16.2. The van der Waals surface area contributed by atoms with Gasteiger partial charge >= 0.3 is 0 Å². The molecule has 0 saturated carbocycles. The number of rotatable bonds is 5. The molecule has 0 aromatic carbocycles. The van der Waals surface area contributed by atoms with Crippen LogP contribution in [0.2, 0.25) is 0 Å². The zero-order chi connectivity index (χ0) is 15.4. The number of carbonyl (C=O) groups excluding carboxylic acids is 1. The summed E-state index contributed by atoms with van der Waals surface area (Å²) >= 11 is 0. The van der Waals surface area contributed by atoms with Crippen LogP contribution in [0.5, 0.6) is 0 Å². The molecule has 2 aromatic rings. The SMILES string of the molecule is Cn1ccc(C(=O)NC2CCCN(CCn3nccn3)C2)n1. The van der Waals surface area contributed by atoms with Crippen molar-refractivity contribution in [3.63, 3.8) is 0 Å². The van der Waals surface area contributed by atoms with Gasteiger partial charge in [-0.05, 0) is 25.5 Å². The van der Waals surface area contributed by atoms with Gasteiger partial charge in [0.15, 0.2) is 0 Å². The molecule has 0 aliphatic carbocycles. The zero-order valence-electron chi connectivity index (χ0n) is 12.7. The van der Waals surface area contributed by atoms with Crippen LogP contribution in [-0.2, 0) is 13.6 Å². The molecule has 1 atom stereocenters. The Bertz CT molecular complexity index is 606. The second kappa shape index (κ2) is 6.69. The minimum Gasteiger partial charge on any atom is -0.347 e. The molecule has 2 aromatic heterocycles. The van der Waals surface area contributed by atoms with Gasteiger partial charge in [0.25, 0.3) is 5.91 Å². The van der Waals surface area contributed by atoms with Gasteiger partial charge in [-0.3, -0.25) is 14.4 Å². The maximum atomic E-state index is 12.1. The Hall–Kier alpha value is -2.22. The van der Waals surface area contributed by atoms with Gasteiger partial charge in [0, 0.05) is 32.4 Å². The molecule has 1 saturated heterocycles.